The monoisotopic (exact) mass is 337 g/mol. The quantitative estimate of drug-likeness (QED) is 0.348. The molecule has 0 unspecified atom stereocenters. The van der Waals surface area contributed by atoms with Gasteiger partial charge in [0.2, 0.25) is 0 Å². The molecule has 4 aromatic heterocycles. The molecule has 26 heavy (non-hydrogen) atoms. The number of fused-ring (bicyclic) bond motifs is 2. The molecule has 1 aromatic carbocycles. The van der Waals surface area contributed by atoms with Crippen LogP contribution < -0.4 is 8.80 Å². The van der Waals surface area contributed by atoms with Crippen molar-refractivity contribution in [3.8, 4) is 11.4 Å². The third-order valence-electron chi connectivity index (χ3n) is 4.50. The number of hydrogen-bond acceptors (Lipinski definition) is 0. The number of rotatable bonds is 2. The Hall–Kier alpha value is -3.91. The molecular formula is C21H15N5+2. The summed E-state index contributed by atoms with van der Waals surface area (Å²) in [7, 11) is 0. The van der Waals surface area contributed by atoms with Gasteiger partial charge in [0.1, 0.15) is 23.8 Å². The molecular weight excluding hydrogens is 322 g/mol. The SMILES string of the molecule is [C-]#[N+]c1cc(-n2cc3cccc[n+]3c2)cc(-n2cc3cccc[n+]3c2)c1. The molecule has 5 aromatic rings. The second-order valence-corrected chi connectivity index (χ2v) is 6.19. The van der Waals surface area contributed by atoms with Gasteiger partial charge in [-0.15, -0.1) is 0 Å². The Kier molecular flexibility index (Phi) is 3.09. The van der Waals surface area contributed by atoms with Gasteiger partial charge in [-0.1, -0.05) is 12.1 Å². The van der Waals surface area contributed by atoms with Crippen LogP contribution in [0.4, 0.5) is 5.69 Å². The lowest BCUT2D eigenvalue weighted by atomic mass is 10.2. The second-order valence-electron chi connectivity index (χ2n) is 6.19. The molecule has 0 aliphatic carbocycles. The molecule has 0 aliphatic heterocycles. The minimum atomic E-state index is 0.614. The lowest BCUT2D eigenvalue weighted by molar-refractivity contribution is -0.512. The van der Waals surface area contributed by atoms with Crippen LogP contribution in [0.15, 0.2) is 92.0 Å². The van der Waals surface area contributed by atoms with Crippen molar-refractivity contribution in [3.63, 3.8) is 0 Å². The van der Waals surface area contributed by atoms with Crippen LogP contribution >= 0.6 is 0 Å². The summed E-state index contributed by atoms with van der Waals surface area (Å²) in [6.07, 6.45) is 12.2. The molecule has 0 N–H and O–H groups in total. The summed E-state index contributed by atoms with van der Waals surface area (Å²) in [5, 5.41) is 0. The number of hydrogen-bond donors (Lipinski definition) is 0. The first-order valence-corrected chi connectivity index (χ1v) is 8.29. The summed E-state index contributed by atoms with van der Waals surface area (Å²) in [5.41, 5.74) is 4.73. The van der Waals surface area contributed by atoms with Crippen molar-refractivity contribution in [3.05, 3.63) is 103 Å². The van der Waals surface area contributed by atoms with Crippen molar-refractivity contribution in [2.24, 2.45) is 0 Å². The van der Waals surface area contributed by atoms with Crippen LogP contribution in [0.25, 0.3) is 27.3 Å². The van der Waals surface area contributed by atoms with Crippen LogP contribution in [0.1, 0.15) is 0 Å². The highest BCUT2D eigenvalue weighted by atomic mass is 15.1. The molecule has 4 heterocycles. The molecule has 0 amide bonds. The topological polar surface area (TPSA) is 22.4 Å². The first-order valence-electron chi connectivity index (χ1n) is 8.29. The van der Waals surface area contributed by atoms with Crippen LogP contribution in [-0.2, 0) is 0 Å². The first-order chi connectivity index (χ1) is 12.8. The Bertz CT molecular complexity index is 1140. The summed E-state index contributed by atoms with van der Waals surface area (Å²) in [5.74, 6) is 0. The minimum absolute atomic E-state index is 0.614. The predicted molar refractivity (Wildman–Crippen MR) is 97.7 cm³/mol. The molecule has 0 bridgehead atoms. The largest absolute Gasteiger partial charge is 0.254 e. The van der Waals surface area contributed by atoms with Gasteiger partial charge in [-0.05, 0) is 36.4 Å². The van der Waals surface area contributed by atoms with E-state index in [9.17, 15) is 0 Å². The zero-order valence-electron chi connectivity index (χ0n) is 13.9. The molecule has 0 saturated carbocycles. The molecule has 0 fully saturated rings. The number of pyridine rings is 2. The third-order valence-corrected chi connectivity index (χ3v) is 4.50. The third kappa shape index (κ3) is 2.33. The van der Waals surface area contributed by atoms with E-state index in [1.165, 1.54) is 0 Å². The van der Waals surface area contributed by atoms with Gasteiger partial charge < -0.3 is 0 Å². The van der Waals surface area contributed by atoms with E-state index < -0.39 is 0 Å². The van der Waals surface area contributed by atoms with Gasteiger partial charge in [-0.3, -0.25) is 0 Å². The van der Waals surface area contributed by atoms with Crippen LogP contribution in [-0.4, -0.2) is 9.13 Å². The van der Waals surface area contributed by atoms with Gasteiger partial charge >= 0.3 is 0 Å². The summed E-state index contributed by atoms with van der Waals surface area (Å²) in [6, 6.07) is 18.1. The minimum Gasteiger partial charge on any atom is -0.238 e. The standard InChI is InChI=1S/C21H15N5/c1-22-17-10-20(25-13-18-6-2-4-8-23(18)15-25)12-21(11-17)26-14-19-7-3-5-9-24(19)16-26/h2-16H/q+2. The van der Waals surface area contributed by atoms with Gasteiger partial charge in [0.15, 0.2) is 16.7 Å². The molecule has 122 valence electrons. The van der Waals surface area contributed by atoms with Crippen LogP contribution in [0, 0.1) is 6.57 Å². The summed E-state index contributed by atoms with van der Waals surface area (Å²) < 4.78 is 8.21. The van der Waals surface area contributed by atoms with E-state index in [1.807, 2.05) is 70.6 Å². The van der Waals surface area contributed by atoms with E-state index in [-0.39, 0.29) is 0 Å². The van der Waals surface area contributed by atoms with Crippen molar-refractivity contribution in [2.45, 2.75) is 0 Å². The normalized spacial score (nSPS) is 11.0. The maximum atomic E-state index is 7.47. The zero-order valence-corrected chi connectivity index (χ0v) is 13.9. The lowest BCUT2D eigenvalue weighted by Gasteiger charge is -2.00. The maximum Gasteiger partial charge on any atom is 0.254 e. The van der Waals surface area contributed by atoms with Crippen molar-refractivity contribution in [2.75, 3.05) is 0 Å². The smallest absolute Gasteiger partial charge is 0.238 e. The highest BCUT2D eigenvalue weighted by Crippen LogP contribution is 2.23. The van der Waals surface area contributed by atoms with Gasteiger partial charge in [0, 0.05) is 6.07 Å². The van der Waals surface area contributed by atoms with Crippen LogP contribution in [0.5, 0.6) is 0 Å². The van der Waals surface area contributed by atoms with E-state index >= 15 is 0 Å². The number of benzene rings is 1. The fourth-order valence-electron chi connectivity index (χ4n) is 3.21. The molecule has 5 nitrogen and oxygen atoms in total. The van der Waals surface area contributed by atoms with Crippen LogP contribution in [0.3, 0.4) is 0 Å². The Morgan fingerprint density at radius 2 is 1.27 bits per heavy atom. The summed E-state index contributed by atoms with van der Waals surface area (Å²) in [6.45, 7) is 7.47. The van der Waals surface area contributed by atoms with E-state index in [1.54, 1.807) is 0 Å². The lowest BCUT2D eigenvalue weighted by Crippen LogP contribution is -2.16. The molecule has 0 aliphatic rings. The van der Waals surface area contributed by atoms with Crippen molar-refractivity contribution >= 4 is 16.7 Å². The molecule has 0 atom stereocenters. The highest BCUT2D eigenvalue weighted by Gasteiger charge is 2.15. The summed E-state index contributed by atoms with van der Waals surface area (Å²) in [4.78, 5) is 3.66. The van der Waals surface area contributed by atoms with Gasteiger partial charge in [0.05, 0.1) is 19.0 Å². The van der Waals surface area contributed by atoms with Gasteiger partial charge in [-0.2, -0.15) is 0 Å². The van der Waals surface area contributed by atoms with E-state index in [0.717, 1.165) is 22.4 Å². The Balaban J connectivity index is 1.69. The van der Waals surface area contributed by atoms with Crippen molar-refractivity contribution in [1.82, 2.24) is 9.13 Å². The Labute approximate surface area is 150 Å². The molecule has 0 spiro atoms. The molecule has 0 saturated heterocycles. The van der Waals surface area contributed by atoms with E-state index in [0.29, 0.717) is 5.69 Å². The number of imidazole rings is 2. The average molecular weight is 337 g/mol. The molecule has 0 radical (unpaired) electrons. The van der Waals surface area contributed by atoms with Gasteiger partial charge in [0.25, 0.3) is 12.7 Å². The fraction of sp³-hybridized carbons (Fsp3) is 0. The van der Waals surface area contributed by atoms with E-state index in [4.69, 9.17) is 6.57 Å². The number of aromatic nitrogens is 4. The Morgan fingerprint density at radius 3 is 1.73 bits per heavy atom. The predicted octanol–water partition coefficient (Wildman–Crippen LogP) is 3.30. The van der Waals surface area contributed by atoms with E-state index in [2.05, 4.69) is 44.2 Å². The highest BCUT2D eigenvalue weighted by molar-refractivity contribution is 5.60. The second kappa shape index (κ2) is 5.57. The Morgan fingerprint density at radius 1 is 0.731 bits per heavy atom. The zero-order chi connectivity index (χ0) is 17.5. The van der Waals surface area contributed by atoms with Crippen LogP contribution in [0.2, 0.25) is 0 Å². The first kappa shape index (κ1) is 14.4. The van der Waals surface area contributed by atoms with Crippen molar-refractivity contribution in [1.29, 1.82) is 0 Å². The van der Waals surface area contributed by atoms with Gasteiger partial charge in [-0.25, -0.2) is 22.8 Å². The maximum absolute atomic E-state index is 7.47. The number of nitrogens with zero attached hydrogens (tertiary/aromatic N) is 5. The fourth-order valence-corrected chi connectivity index (χ4v) is 3.21. The molecule has 5 heteroatoms. The van der Waals surface area contributed by atoms with Crippen molar-refractivity contribution < 1.29 is 8.80 Å². The average Bonchev–Trinajstić information content (AvgIpc) is 3.31. The molecule has 5 rings (SSSR count). The summed E-state index contributed by atoms with van der Waals surface area (Å²) >= 11 is 0.